The van der Waals surface area contributed by atoms with Crippen molar-refractivity contribution >= 4 is 11.4 Å². The molecule has 130 valence electrons. The average molecular weight is 327 g/mol. The molecule has 2 aliphatic rings. The molecule has 0 unspecified atom stereocenters. The average Bonchev–Trinajstić information content (AvgIpc) is 3.13. The molecule has 0 atom stereocenters. The molecule has 1 aromatic carbocycles. The van der Waals surface area contributed by atoms with Crippen LogP contribution in [0.5, 0.6) is 0 Å². The quantitative estimate of drug-likeness (QED) is 0.687. The highest BCUT2D eigenvalue weighted by atomic mass is 16.5. The van der Waals surface area contributed by atoms with Crippen LogP contribution in [0.4, 0.5) is 5.69 Å². The first kappa shape index (κ1) is 17.2. The van der Waals surface area contributed by atoms with Gasteiger partial charge in [-0.05, 0) is 38.0 Å². The van der Waals surface area contributed by atoms with Gasteiger partial charge in [0.1, 0.15) is 0 Å². The van der Waals surface area contributed by atoms with Crippen molar-refractivity contribution in [2.24, 2.45) is 4.99 Å². The van der Waals surface area contributed by atoms with Gasteiger partial charge in [-0.1, -0.05) is 23.8 Å². The maximum Gasteiger partial charge on any atom is 0.0593 e. The largest absolute Gasteiger partial charge is 0.380 e. The molecule has 0 amide bonds. The van der Waals surface area contributed by atoms with Gasteiger partial charge in [0, 0.05) is 50.7 Å². The second-order valence-corrected chi connectivity index (χ2v) is 6.61. The second-order valence-electron chi connectivity index (χ2n) is 6.61. The van der Waals surface area contributed by atoms with Gasteiger partial charge in [0.2, 0.25) is 0 Å². The van der Waals surface area contributed by atoms with E-state index >= 15 is 0 Å². The third-order valence-electron chi connectivity index (χ3n) is 4.75. The lowest BCUT2D eigenvalue weighted by molar-refractivity contribution is 0.101. The fourth-order valence-corrected chi connectivity index (χ4v) is 3.21. The van der Waals surface area contributed by atoms with Crippen LogP contribution in [0.15, 0.2) is 41.4 Å². The summed E-state index contributed by atoms with van der Waals surface area (Å²) in [5.74, 6) is 0. The Kier molecular flexibility index (Phi) is 6.44. The van der Waals surface area contributed by atoms with E-state index in [0.717, 1.165) is 65.3 Å². The SMILES string of the molecule is Cc1ccc(N2CCN(CCOCCCC3=NCC=C3)CC2)cc1. The van der Waals surface area contributed by atoms with Crippen LogP contribution in [-0.2, 0) is 4.74 Å². The van der Waals surface area contributed by atoms with Crippen molar-refractivity contribution in [2.75, 3.05) is 57.4 Å². The molecule has 0 aromatic heterocycles. The standard InChI is InChI=1S/C20H29N3O/c1-18-6-8-20(9-7-18)23-13-11-22(12-14-23)15-17-24-16-3-5-19-4-2-10-21-19/h2,4,6-9H,3,5,10-17H2,1H3. The van der Waals surface area contributed by atoms with Crippen molar-refractivity contribution in [1.29, 1.82) is 0 Å². The molecule has 0 saturated carbocycles. The zero-order valence-corrected chi connectivity index (χ0v) is 14.8. The Hall–Kier alpha value is -1.65. The molecule has 0 radical (unpaired) electrons. The van der Waals surface area contributed by atoms with Gasteiger partial charge >= 0.3 is 0 Å². The van der Waals surface area contributed by atoms with Crippen LogP contribution in [0.1, 0.15) is 18.4 Å². The van der Waals surface area contributed by atoms with Crippen LogP contribution in [0.25, 0.3) is 0 Å². The lowest BCUT2D eigenvalue weighted by atomic mass is 10.2. The minimum Gasteiger partial charge on any atom is -0.380 e. The molecule has 3 rings (SSSR count). The first-order valence-electron chi connectivity index (χ1n) is 9.13. The maximum atomic E-state index is 5.79. The van der Waals surface area contributed by atoms with E-state index in [1.54, 1.807) is 0 Å². The van der Waals surface area contributed by atoms with Crippen molar-refractivity contribution in [1.82, 2.24) is 4.90 Å². The van der Waals surface area contributed by atoms with Gasteiger partial charge in [-0.25, -0.2) is 0 Å². The minimum atomic E-state index is 0.840. The molecule has 0 N–H and O–H groups in total. The minimum absolute atomic E-state index is 0.840. The Morgan fingerprint density at radius 1 is 1.04 bits per heavy atom. The summed E-state index contributed by atoms with van der Waals surface area (Å²) in [6.07, 6.45) is 6.37. The number of anilines is 1. The van der Waals surface area contributed by atoms with Crippen molar-refractivity contribution in [2.45, 2.75) is 19.8 Å². The maximum absolute atomic E-state index is 5.79. The van der Waals surface area contributed by atoms with Crippen molar-refractivity contribution in [3.63, 3.8) is 0 Å². The van der Waals surface area contributed by atoms with Crippen LogP contribution >= 0.6 is 0 Å². The van der Waals surface area contributed by atoms with Crippen molar-refractivity contribution in [3.05, 3.63) is 42.0 Å². The number of rotatable bonds is 8. The summed E-state index contributed by atoms with van der Waals surface area (Å²) in [7, 11) is 0. The lowest BCUT2D eigenvalue weighted by Gasteiger charge is -2.36. The van der Waals surface area contributed by atoms with Gasteiger partial charge in [0.25, 0.3) is 0 Å². The lowest BCUT2D eigenvalue weighted by Crippen LogP contribution is -2.47. The first-order valence-corrected chi connectivity index (χ1v) is 9.13. The molecule has 2 heterocycles. The molecule has 0 bridgehead atoms. The molecule has 1 aromatic rings. The van der Waals surface area contributed by atoms with Gasteiger partial charge < -0.3 is 9.64 Å². The van der Waals surface area contributed by atoms with E-state index in [1.807, 2.05) is 0 Å². The van der Waals surface area contributed by atoms with E-state index in [-0.39, 0.29) is 0 Å². The van der Waals surface area contributed by atoms with Gasteiger partial charge in [-0.2, -0.15) is 0 Å². The second kappa shape index (κ2) is 9.00. The van der Waals surface area contributed by atoms with E-state index in [0.29, 0.717) is 0 Å². The molecule has 24 heavy (non-hydrogen) atoms. The molecule has 2 aliphatic heterocycles. The monoisotopic (exact) mass is 327 g/mol. The Labute approximate surface area is 145 Å². The summed E-state index contributed by atoms with van der Waals surface area (Å²) >= 11 is 0. The summed E-state index contributed by atoms with van der Waals surface area (Å²) in [6.45, 7) is 10.2. The molecular formula is C20H29N3O. The normalized spacial score (nSPS) is 18.2. The number of nitrogens with zero attached hydrogens (tertiary/aromatic N) is 3. The van der Waals surface area contributed by atoms with Crippen molar-refractivity contribution in [3.8, 4) is 0 Å². The molecule has 1 fully saturated rings. The van der Waals surface area contributed by atoms with Crippen LogP contribution in [-0.4, -0.2) is 63.1 Å². The summed E-state index contributed by atoms with van der Waals surface area (Å²) < 4.78 is 5.79. The Morgan fingerprint density at radius 2 is 1.83 bits per heavy atom. The van der Waals surface area contributed by atoms with Gasteiger partial charge in [-0.3, -0.25) is 9.89 Å². The molecule has 0 aliphatic carbocycles. The highest BCUT2D eigenvalue weighted by Crippen LogP contribution is 2.16. The predicted molar refractivity (Wildman–Crippen MR) is 101 cm³/mol. The summed E-state index contributed by atoms with van der Waals surface area (Å²) in [4.78, 5) is 9.39. The number of aliphatic imine (C=N–C) groups is 1. The number of hydrogen-bond donors (Lipinski definition) is 0. The van der Waals surface area contributed by atoms with Gasteiger partial charge in [0.15, 0.2) is 0 Å². The number of ether oxygens (including phenoxy) is 1. The number of piperazine rings is 1. The van der Waals surface area contributed by atoms with Crippen LogP contribution in [0.3, 0.4) is 0 Å². The van der Waals surface area contributed by atoms with Crippen LogP contribution < -0.4 is 4.90 Å². The van der Waals surface area contributed by atoms with E-state index in [2.05, 4.69) is 58.1 Å². The molecule has 4 nitrogen and oxygen atoms in total. The fraction of sp³-hybridized carbons (Fsp3) is 0.550. The van der Waals surface area contributed by atoms with E-state index in [4.69, 9.17) is 4.74 Å². The Balaban J connectivity index is 1.26. The summed E-state index contributed by atoms with van der Waals surface area (Å²) in [5.41, 5.74) is 3.90. The van der Waals surface area contributed by atoms with E-state index < -0.39 is 0 Å². The molecular weight excluding hydrogens is 298 g/mol. The topological polar surface area (TPSA) is 28.1 Å². The predicted octanol–water partition coefficient (Wildman–Crippen LogP) is 2.92. The van der Waals surface area contributed by atoms with E-state index in [1.165, 1.54) is 17.0 Å². The third-order valence-corrected chi connectivity index (χ3v) is 4.75. The van der Waals surface area contributed by atoms with Crippen LogP contribution in [0, 0.1) is 6.92 Å². The molecule has 1 saturated heterocycles. The summed E-state index contributed by atoms with van der Waals surface area (Å²) in [5, 5.41) is 0. The zero-order chi connectivity index (χ0) is 16.6. The number of aryl methyl sites for hydroxylation is 1. The molecule has 4 heteroatoms. The van der Waals surface area contributed by atoms with Gasteiger partial charge in [-0.15, -0.1) is 0 Å². The highest BCUT2D eigenvalue weighted by Gasteiger charge is 2.16. The Morgan fingerprint density at radius 3 is 2.54 bits per heavy atom. The zero-order valence-electron chi connectivity index (χ0n) is 14.8. The number of allylic oxidation sites excluding steroid dienone is 1. The van der Waals surface area contributed by atoms with E-state index in [9.17, 15) is 0 Å². The first-order chi connectivity index (χ1) is 11.8. The van der Waals surface area contributed by atoms with Crippen LogP contribution in [0.2, 0.25) is 0 Å². The number of hydrogen-bond acceptors (Lipinski definition) is 4. The smallest absolute Gasteiger partial charge is 0.0593 e. The fourth-order valence-electron chi connectivity index (χ4n) is 3.21. The highest BCUT2D eigenvalue weighted by molar-refractivity contribution is 5.96. The van der Waals surface area contributed by atoms with Crippen molar-refractivity contribution < 1.29 is 4.74 Å². The summed E-state index contributed by atoms with van der Waals surface area (Å²) in [6, 6.07) is 8.86. The third kappa shape index (κ3) is 5.18. The van der Waals surface area contributed by atoms with Gasteiger partial charge in [0.05, 0.1) is 13.2 Å². The Bertz CT molecular complexity index is 557. The molecule has 0 spiro atoms. The number of benzene rings is 1.